The molecule has 0 amide bonds. The molecule has 16 heavy (non-hydrogen) atoms. The summed E-state index contributed by atoms with van der Waals surface area (Å²) in [6, 6.07) is 0.492. The van der Waals surface area contributed by atoms with Gasteiger partial charge in [0.2, 0.25) is 5.88 Å². The second-order valence-electron chi connectivity index (χ2n) is 4.69. The van der Waals surface area contributed by atoms with E-state index in [0.29, 0.717) is 6.04 Å². The Bertz CT molecular complexity index is 374. The molecule has 1 N–H and O–H groups in total. The minimum Gasteiger partial charge on any atom is -0.353 e. The van der Waals surface area contributed by atoms with Gasteiger partial charge in [-0.15, -0.1) is 0 Å². The smallest absolute Gasteiger partial charge is 0.228 e. The van der Waals surface area contributed by atoms with Gasteiger partial charge in [-0.05, 0) is 32.4 Å². The Morgan fingerprint density at radius 1 is 1.50 bits per heavy atom. The lowest BCUT2D eigenvalue weighted by Gasteiger charge is -2.33. The van der Waals surface area contributed by atoms with Crippen LogP contribution in [0.15, 0.2) is 4.52 Å². The second-order valence-corrected chi connectivity index (χ2v) is 4.69. The fourth-order valence-electron chi connectivity index (χ4n) is 2.94. The van der Waals surface area contributed by atoms with Gasteiger partial charge in [0.25, 0.3) is 0 Å². The predicted molar refractivity (Wildman–Crippen MR) is 62.5 cm³/mol. The topological polar surface area (TPSA) is 41.3 Å². The number of hydrogen-bond donors (Lipinski definition) is 1. The summed E-state index contributed by atoms with van der Waals surface area (Å²) in [5.41, 5.74) is 2.52. The zero-order valence-corrected chi connectivity index (χ0v) is 9.83. The molecule has 3 rings (SSSR count). The lowest BCUT2D eigenvalue weighted by molar-refractivity contribution is 0.149. The van der Waals surface area contributed by atoms with Gasteiger partial charge in [0, 0.05) is 12.1 Å². The largest absolute Gasteiger partial charge is 0.353 e. The van der Waals surface area contributed by atoms with Crippen molar-refractivity contribution in [3.8, 4) is 0 Å². The normalized spacial score (nSPS) is 25.4. The predicted octanol–water partition coefficient (Wildman–Crippen LogP) is 2.19. The van der Waals surface area contributed by atoms with E-state index in [4.69, 9.17) is 4.52 Å². The Hall–Kier alpha value is -1.03. The maximum Gasteiger partial charge on any atom is 0.228 e. The first-order valence-corrected chi connectivity index (χ1v) is 6.36. The van der Waals surface area contributed by atoms with E-state index in [0.717, 1.165) is 25.4 Å². The number of fused-ring (bicyclic) bond motifs is 1. The monoisotopic (exact) mass is 221 g/mol. The van der Waals surface area contributed by atoms with E-state index in [-0.39, 0.29) is 0 Å². The summed E-state index contributed by atoms with van der Waals surface area (Å²) in [6.45, 7) is 5.55. The number of hydrogen-bond acceptors (Lipinski definition) is 4. The van der Waals surface area contributed by atoms with Gasteiger partial charge >= 0.3 is 0 Å². The number of piperidine rings is 1. The highest BCUT2D eigenvalue weighted by Gasteiger charge is 2.31. The van der Waals surface area contributed by atoms with Crippen LogP contribution in [0, 0.1) is 0 Å². The molecular weight excluding hydrogens is 202 g/mol. The van der Waals surface area contributed by atoms with Gasteiger partial charge in [-0.3, -0.25) is 4.90 Å². The van der Waals surface area contributed by atoms with Crippen molar-refractivity contribution >= 4 is 5.88 Å². The van der Waals surface area contributed by atoms with Crippen LogP contribution in [0.2, 0.25) is 0 Å². The highest BCUT2D eigenvalue weighted by molar-refractivity contribution is 5.49. The fourth-order valence-corrected chi connectivity index (χ4v) is 2.94. The first-order chi connectivity index (χ1) is 7.90. The average Bonchev–Trinajstić information content (AvgIpc) is 2.91. The van der Waals surface area contributed by atoms with Crippen LogP contribution in [0.1, 0.15) is 43.5 Å². The molecule has 1 saturated heterocycles. The number of nitrogens with zero attached hydrogens (tertiary/aromatic N) is 2. The van der Waals surface area contributed by atoms with E-state index >= 15 is 0 Å². The molecule has 0 bridgehead atoms. The minimum absolute atomic E-state index is 0.492. The maximum absolute atomic E-state index is 5.37. The first-order valence-electron chi connectivity index (χ1n) is 6.36. The molecule has 4 heteroatoms. The SMILES string of the molecule is CCN1CCCCC1c1noc2c1CCN2. The molecule has 1 fully saturated rings. The van der Waals surface area contributed by atoms with Crippen molar-refractivity contribution in [2.24, 2.45) is 0 Å². The molecule has 0 aromatic carbocycles. The van der Waals surface area contributed by atoms with Gasteiger partial charge < -0.3 is 9.84 Å². The molecule has 1 aromatic rings. The highest BCUT2D eigenvalue weighted by atomic mass is 16.5. The molecule has 2 aliphatic rings. The number of rotatable bonds is 2. The Kier molecular flexibility index (Phi) is 2.59. The zero-order chi connectivity index (χ0) is 11.0. The van der Waals surface area contributed by atoms with Crippen molar-refractivity contribution in [3.05, 3.63) is 11.3 Å². The Morgan fingerprint density at radius 2 is 2.44 bits per heavy atom. The maximum atomic E-state index is 5.37. The van der Waals surface area contributed by atoms with Crippen LogP contribution in [0.3, 0.4) is 0 Å². The summed E-state index contributed by atoms with van der Waals surface area (Å²) in [4.78, 5) is 2.53. The van der Waals surface area contributed by atoms with Crippen molar-refractivity contribution in [2.75, 3.05) is 25.0 Å². The molecule has 88 valence electrons. The lowest BCUT2D eigenvalue weighted by Crippen LogP contribution is -2.33. The zero-order valence-electron chi connectivity index (χ0n) is 9.83. The molecule has 0 radical (unpaired) electrons. The molecular formula is C12H19N3O. The summed E-state index contributed by atoms with van der Waals surface area (Å²) in [6.07, 6.45) is 4.94. The molecule has 1 unspecified atom stereocenters. The summed E-state index contributed by atoms with van der Waals surface area (Å²) in [7, 11) is 0. The first kappa shape index (κ1) is 10.1. The van der Waals surface area contributed by atoms with Gasteiger partial charge in [-0.25, -0.2) is 0 Å². The number of aromatic nitrogens is 1. The quantitative estimate of drug-likeness (QED) is 0.831. The molecule has 0 saturated carbocycles. The van der Waals surface area contributed by atoms with Gasteiger partial charge in [0.15, 0.2) is 0 Å². The van der Waals surface area contributed by atoms with Gasteiger partial charge in [0.05, 0.1) is 6.04 Å². The van der Waals surface area contributed by atoms with Gasteiger partial charge in [-0.2, -0.15) is 0 Å². The van der Waals surface area contributed by atoms with Crippen molar-refractivity contribution in [3.63, 3.8) is 0 Å². The molecule has 4 nitrogen and oxygen atoms in total. The minimum atomic E-state index is 0.492. The highest BCUT2D eigenvalue weighted by Crippen LogP contribution is 2.36. The number of likely N-dealkylation sites (tertiary alicyclic amines) is 1. The van der Waals surface area contributed by atoms with Crippen LogP contribution in [0.4, 0.5) is 5.88 Å². The summed E-state index contributed by atoms with van der Waals surface area (Å²) < 4.78 is 5.37. The number of nitrogens with one attached hydrogen (secondary N) is 1. The fraction of sp³-hybridized carbons (Fsp3) is 0.750. The van der Waals surface area contributed by atoms with Crippen molar-refractivity contribution in [1.82, 2.24) is 10.1 Å². The average molecular weight is 221 g/mol. The van der Waals surface area contributed by atoms with E-state index < -0.39 is 0 Å². The van der Waals surface area contributed by atoms with E-state index in [9.17, 15) is 0 Å². The Balaban J connectivity index is 1.89. The number of anilines is 1. The molecule has 2 aliphatic heterocycles. The van der Waals surface area contributed by atoms with Gasteiger partial charge in [0.1, 0.15) is 5.69 Å². The van der Waals surface area contributed by atoms with Crippen molar-refractivity contribution in [1.29, 1.82) is 0 Å². The standard InChI is InChI=1S/C12H19N3O/c1-2-15-8-4-3-5-10(15)11-9-6-7-13-12(9)16-14-11/h10,13H,2-8H2,1H3. The summed E-state index contributed by atoms with van der Waals surface area (Å²) in [5, 5.41) is 7.53. The van der Waals surface area contributed by atoms with E-state index in [1.807, 2.05) is 0 Å². The van der Waals surface area contributed by atoms with E-state index in [2.05, 4.69) is 22.3 Å². The van der Waals surface area contributed by atoms with E-state index in [1.165, 1.54) is 37.1 Å². The van der Waals surface area contributed by atoms with Crippen LogP contribution in [-0.4, -0.2) is 29.7 Å². The molecule has 3 heterocycles. The molecule has 1 atom stereocenters. The van der Waals surface area contributed by atoms with Crippen LogP contribution >= 0.6 is 0 Å². The third kappa shape index (κ3) is 1.52. The van der Waals surface area contributed by atoms with Crippen LogP contribution in [-0.2, 0) is 6.42 Å². The Labute approximate surface area is 96.0 Å². The van der Waals surface area contributed by atoms with Crippen molar-refractivity contribution in [2.45, 2.75) is 38.6 Å². The van der Waals surface area contributed by atoms with Crippen LogP contribution in [0.5, 0.6) is 0 Å². The molecule has 1 aromatic heterocycles. The molecule has 0 spiro atoms. The van der Waals surface area contributed by atoms with E-state index in [1.54, 1.807) is 0 Å². The van der Waals surface area contributed by atoms with Gasteiger partial charge in [-0.1, -0.05) is 18.5 Å². The lowest BCUT2D eigenvalue weighted by atomic mass is 9.96. The third-order valence-corrected chi connectivity index (χ3v) is 3.81. The summed E-state index contributed by atoms with van der Waals surface area (Å²) >= 11 is 0. The second kappa shape index (κ2) is 4.09. The third-order valence-electron chi connectivity index (χ3n) is 3.81. The summed E-state index contributed by atoms with van der Waals surface area (Å²) in [5.74, 6) is 0.914. The van der Waals surface area contributed by atoms with Crippen molar-refractivity contribution < 1.29 is 4.52 Å². The molecule has 0 aliphatic carbocycles. The van der Waals surface area contributed by atoms with Crippen LogP contribution < -0.4 is 5.32 Å². The van der Waals surface area contributed by atoms with Crippen LogP contribution in [0.25, 0.3) is 0 Å². The Morgan fingerprint density at radius 3 is 3.31 bits per heavy atom.